The Labute approximate surface area is 140 Å². The number of anilines is 1. The molecule has 0 bridgehead atoms. The third kappa shape index (κ3) is 2.84. The largest absolute Gasteiger partial charge is 0.466 e. The Morgan fingerprint density at radius 1 is 1.21 bits per heavy atom. The molecule has 130 valence electrons. The lowest BCUT2D eigenvalue weighted by atomic mass is 10.0. The predicted octanol–water partition coefficient (Wildman–Crippen LogP) is -0.120. The van der Waals surface area contributed by atoms with Crippen LogP contribution in [0.2, 0.25) is 0 Å². The molecule has 0 saturated carbocycles. The fraction of sp³-hybridized carbons (Fsp3) is 0.467. The number of carbonyl (C=O) groups excluding carboxylic acids is 2. The number of ether oxygens (including phenoxy) is 1. The number of para-hydroxylation sites is 2. The summed E-state index contributed by atoms with van der Waals surface area (Å²) in [7, 11) is -3.28. The van der Waals surface area contributed by atoms with Crippen LogP contribution in [0.5, 0.6) is 5.75 Å². The Morgan fingerprint density at radius 3 is 2.46 bits per heavy atom. The number of benzene rings is 1. The first kappa shape index (κ1) is 16.7. The van der Waals surface area contributed by atoms with Gasteiger partial charge >= 0.3 is 0 Å². The van der Waals surface area contributed by atoms with Gasteiger partial charge < -0.3 is 15.0 Å². The highest BCUT2D eigenvalue weighted by Gasteiger charge is 2.49. The molecule has 2 aliphatic heterocycles. The highest BCUT2D eigenvalue weighted by molar-refractivity contribution is 7.88. The van der Waals surface area contributed by atoms with Crippen LogP contribution in [0, 0.1) is 0 Å². The number of nitrogens with zero attached hydrogens (tertiary/aromatic N) is 2. The molecule has 1 aromatic carbocycles. The molecule has 1 unspecified atom stereocenters. The van der Waals surface area contributed by atoms with Gasteiger partial charge in [-0.05, 0) is 19.1 Å². The van der Waals surface area contributed by atoms with Gasteiger partial charge in [-0.3, -0.25) is 9.59 Å². The number of amides is 2. The standard InChI is InChI=1S/C15H19N3O5S/c1-15(13(19)16-11-5-3-4-6-12(11)23-15)14(20)17-7-9-18(10-8-17)24(2,21)22/h3-6H,7-10H2,1-2H3,(H,16,19). The molecule has 2 amide bonds. The maximum atomic E-state index is 12.8. The zero-order valence-corrected chi connectivity index (χ0v) is 14.3. The van der Waals surface area contributed by atoms with E-state index in [1.807, 2.05) is 0 Å². The van der Waals surface area contributed by atoms with Crippen LogP contribution >= 0.6 is 0 Å². The lowest BCUT2D eigenvalue weighted by molar-refractivity contribution is -0.155. The van der Waals surface area contributed by atoms with Crippen molar-refractivity contribution in [3.05, 3.63) is 24.3 Å². The van der Waals surface area contributed by atoms with E-state index < -0.39 is 27.4 Å². The molecule has 0 radical (unpaired) electrons. The number of fused-ring (bicyclic) bond motifs is 1. The molecule has 1 N–H and O–H groups in total. The zero-order valence-electron chi connectivity index (χ0n) is 13.5. The van der Waals surface area contributed by atoms with Crippen LogP contribution in [0.1, 0.15) is 6.92 Å². The zero-order chi connectivity index (χ0) is 17.5. The molecule has 3 rings (SSSR count). The summed E-state index contributed by atoms with van der Waals surface area (Å²) in [6.45, 7) is 2.29. The van der Waals surface area contributed by atoms with Gasteiger partial charge in [0.1, 0.15) is 5.75 Å². The van der Waals surface area contributed by atoms with Crippen molar-refractivity contribution in [2.75, 3.05) is 37.8 Å². The summed E-state index contributed by atoms with van der Waals surface area (Å²) in [5, 5.41) is 2.69. The van der Waals surface area contributed by atoms with Crippen LogP contribution in [0.15, 0.2) is 24.3 Å². The summed E-state index contributed by atoms with van der Waals surface area (Å²) in [5.41, 5.74) is -1.14. The average Bonchev–Trinajstić information content (AvgIpc) is 2.54. The second-order valence-electron chi connectivity index (χ2n) is 6.04. The molecule has 0 aromatic heterocycles. The van der Waals surface area contributed by atoms with Gasteiger partial charge in [-0.15, -0.1) is 0 Å². The van der Waals surface area contributed by atoms with Gasteiger partial charge in [0, 0.05) is 26.2 Å². The van der Waals surface area contributed by atoms with E-state index in [9.17, 15) is 18.0 Å². The lowest BCUT2D eigenvalue weighted by Gasteiger charge is -2.40. The molecule has 1 atom stereocenters. The summed E-state index contributed by atoms with van der Waals surface area (Å²) in [4.78, 5) is 26.7. The van der Waals surface area contributed by atoms with E-state index in [0.29, 0.717) is 11.4 Å². The summed E-state index contributed by atoms with van der Waals surface area (Å²) in [6.07, 6.45) is 1.14. The van der Waals surface area contributed by atoms with Crippen LogP contribution in [0.3, 0.4) is 0 Å². The van der Waals surface area contributed by atoms with Crippen molar-refractivity contribution in [3.8, 4) is 5.75 Å². The second-order valence-corrected chi connectivity index (χ2v) is 8.02. The van der Waals surface area contributed by atoms with Crippen molar-refractivity contribution in [3.63, 3.8) is 0 Å². The molecule has 8 nitrogen and oxygen atoms in total. The lowest BCUT2D eigenvalue weighted by Crippen LogP contribution is -2.62. The van der Waals surface area contributed by atoms with Crippen LogP contribution < -0.4 is 10.1 Å². The first-order valence-electron chi connectivity index (χ1n) is 7.56. The van der Waals surface area contributed by atoms with Crippen LogP contribution in [0.25, 0.3) is 0 Å². The minimum absolute atomic E-state index is 0.207. The molecular formula is C15H19N3O5S. The Morgan fingerprint density at radius 2 is 1.83 bits per heavy atom. The molecule has 0 spiro atoms. The van der Waals surface area contributed by atoms with E-state index in [1.54, 1.807) is 24.3 Å². The van der Waals surface area contributed by atoms with Crippen molar-refractivity contribution in [1.82, 2.24) is 9.21 Å². The van der Waals surface area contributed by atoms with Gasteiger partial charge in [-0.2, -0.15) is 4.31 Å². The summed E-state index contributed by atoms with van der Waals surface area (Å²) in [6, 6.07) is 6.90. The minimum Gasteiger partial charge on any atom is -0.466 e. The van der Waals surface area contributed by atoms with Crippen LogP contribution in [-0.4, -0.2) is 67.5 Å². The molecule has 1 fully saturated rings. The van der Waals surface area contributed by atoms with Gasteiger partial charge in [-0.1, -0.05) is 12.1 Å². The van der Waals surface area contributed by atoms with Crippen molar-refractivity contribution in [2.45, 2.75) is 12.5 Å². The van der Waals surface area contributed by atoms with Crippen molar-refractivity contribution >= 4 is 27.5 Å². The molecular weight excluding hydrogens is 334 g/mol. The minimum atomic E-state index is -3.28. The van der Waals surface area contributed by atoms with E-state index in [1.165, 1.54) is 16.1 Å². The summed E-state index contributed by atoms with van der Waals surface area (Å²) >= 11 is 0. The SMILES string of the molecule is CC1(C(=O)N2CCN(S(C)(=O)=O)CC2)Oc2ccccc2NC1=O. The highest BCUT2D eigenvalue weighted by Crippen LogP contribution is 2.34. The van der Waals surface area contributed by atoms with E-state index in [-0.39, 0.29) is 26.2 Å². The molecule has 2 aliphatic rings. The molecule has 24 heavy (non-hydrogen) atoms. The van der Waals surface area contributed by atoms with Gasteiger partial charge in [0.05, 0.1) is 11.9 Å². The maximum Gasteiger partial charge on any atom is 0.278 e. The van der Waals surface area contributed by atoms with Crippen molar-refractivity contribution in [2.24, 2.45) is 0 Å². The monoisotopic (exact) mass is 353 g/mol. The van der Waals surface area contributed by atoms with E-state index in [0.717, 1.165) is 6.26 Å². The fourth-order valence-corrected chi connectivity index (χ4v) is 3.66. The van der Waals surface area contributed by atoms with Crippen molar-refractivity contribution in [1.29, 1.82) is 0 Å². The third-order valence-electron chi connectivity index (χ3n) is 4.29. The first-order chi connectivity index (χ1) is 11.2. The summed E-state index contributed by atoms with van der Waals surface area (Å²) in [5.74, 6) is -0.567. The second kappa shape index (κ2) is 5.75. The Kier molecular flexibility index (Phi) is 4.00. The number of hydrogen-bond donors (Lipinski definition) is 1. The molecule has 1 aromatic rings. The molecule has 1 saturated heterocycles. The smallest absolute Gasteiger partial charge is 0.278 e. The first-order valence-corrected chi connectivity index (χ1v) is 9.40. The van der Waals surface area contributed by atoms with Gasteiger partial charge in [0.15, 0.2) is 0 Å². The van der Waals surface area contributed by atoms with Gasteiger partial charge in [-0.25, -0.2) is 8.42 Å². The maximum absolute atomic E-state index is 12.8. The fourth-order valence-electron chi connectivity index (χ4n) is 2.83. The van der Waals surface area contributed by atoms with Gasteiger partial charge in [0.2, 0.25) is 10.0 Å². The Hall–Kier alpha value is -2.13. The van der Waals surface area contributed by atoms with E-state index in [2.05, 4.69) is 5.32 Å². The Balaban J connectivity index is 1.77. The number of rotatable bonds is 2. The number of carbonyl (C=O) groups is 2. The van der Waals surface area contributed by atoms with Crippen LogP contribution in [0.4, 0.5) is 5.69 Å². The third-order valence-corrected chi connectivity index (χ3v) is 5.59. The Bertz CT molecular complexity index is 786. The normalized spacial score (nSPS) is 24.8. The molecule has 9 heteroatoms. The van der Waals surface area contributed by atoms with Gasteiger partial charge in [0.25, 0.3) is 17.4 Å². The summed E-state index contributed by atoms with van der Waals surface area (Å²) < 4.78 is 30.1. The van der Waals surface area contributed by atoms with Crippen molar-refractivity contribution < 1.29 is 22.7 Å². The quantitative estimate of drug-likeness (QED) is 0.748. The van der Waals surface area contributed by atoms with Crippen LogP contribution in [-0.2, 0) is 19.6 Å². The number of nitrogens with one attached hydrogen (secondary N) is 1. The predicted molar refractivity (Wildman–Crippen MR) is 87.1 cm³/mol. The molecule has 0 aliphatic carbocycles. The highest BCUT2D eigenvalue weighted by atomic mass is 32.2. The van der Waals surface area contributed by atoms with E-state index >= 15 is 0 Å². The average molecular weight is 353 g/mol. The topological polar surface area (TPSA) is 96.0 Å². The van der Waals surface area contributed by atoms with E-state index in [4.69, 9.17) is 4.74 Å². The number of sulfonamides is 1. The number of hydrogen-bond acceptors (Lipinski definition) is 5. The number of piperazine rings is 1. The molecule has 2 heterocycles.